The highest BCUT2D eigenvalue weighted by atomic mass is 16.4. The largest absolute Gasteiger partial charge is 0.481 e. The van der Waals surface area contributed by atoms with E-state index < -0.39 is 11.9 Å². The Morgan fingerprint density at radius 1 is 1.41 bits per heavy atom. The highest BCUT2D eigenvalue weighted by Gasteiger charge is 2.28. The molecule has 1 aliphatic rings. The zero-order valence-electron chi connectivity index (χ0n) is 13.2. The number of carboxylic acid groups (broad SMARTS) is 1. The summed E-state index contributed by atoms with van der Waals surface area (Å²) >= 11 is 0. The van der Waals surface area contributed by atoms with E-state index in [4.69, 9.17) is 5.11 Å². The molecule has 0 bridgehead atoms. The Labute approximate surface area is 131 Å². The number of aliphatic carboxylic acids is 1. The van der Waals surface area contributed by atoms with E-state index in [0.29, 0.717) is 19.5 Å². The van der Waals surface area contributed by atoms with E-state index in [1.54, 1.807) is 4.90 Å². The average Bonchev–Trinajstić information content (AvgIpc) is 2.49. The molecule has 1 fully saturated rings. The van der Waals surface area contributed by atoms with Crippen molar-refractivity contribution in [3.05, 3.63) is 35.4 Å². The van der Waals surface area contributed by atoms with Crippen LogP contribution < -0.4 is 5.32 Å². The molecule has 0 aromatic heterocycles. The van der Waals surface area contributed by atoms with Crippen LogP contribution in [0.2, 0.25) is 0 Å². The summed E-state index contributed by atoms with van der Waals surface area (Å²) in [6, 6.07) is 7.98. The van der Waals surface area contributed by atoms with Crippen molar-refractivity contribution in [2.24, 2.45) is 5.92 Å². The molecule has 2 atom stereocenters. The molecule has 5 nitrogen and oxygen atoms in total. The first-order chi connectivity index (χ1) is 10.5. The summed E-state index contributed by atoms with van der Waals surface area (Å²) < 4.78 is 0. The third-order valence-electron chi connectivity index (χ3n) is 4.22. The van der Waals surface area contributed by atoms with Crippen LogP contribution in [-0.2, 0) is 11.2 Å². The summed E-state index contributed by atoms with van der Waals surface area (Å²) in [5.41, 5.74) is 2.44. The maximum absolute atomic E-state index is 12.3. The average molecular weight is 304 g/mol. The van der Waals surface area contributed by atoms with Gasteiger partial charge in [-0.1, -0.05) is 24.3 Å². The number of nitrogens with one attached hydrogen (secondary N) is 1. The summed E-state index contributed by atoms with van der Waals surface area (Å²) in [7, 11) is 0. The molecule has 0 radical (unpaired) electrons. The molecule has 1 aromatic rings. The number of nitrogens with zero attached hydrogens (tertiary/aromatic N) is 1. The van der Waals surface area contributed by atoms with Crippen LogP contribution in [0.4, 0.5) is 4.79 Å². The lowest BCUT2D eigenvalue weighted by Gasteiger charge is -2.31. The highest BCUT2D eigenvalue weighted by Crippen LogP contribution is 2.17. The lowest BCUT2D eigenvalue weighted by Crippen LogP contribution is -2.49. The van der Waals surface area contributed by atoms with Crippen LogP contribution in [0.1, 0.15) is 30.9 Å². The van der Waals surface area contributed by atoms with Gasteiger partial charge in [0.05, 0.1) is 5.92 Å². The molecular weight excluding hydrogens is 280 g/mol. The number of carboxylic acids is 1. The molecule has 1 heterocycles. The van der Waals surface area contributed by atoms with Crippen molar-refractivity contribution in [2.45, 2.75) is 39.2 Å². The number of carbonyl (C=O) groups is 2. The maximum Gasteiger partial charge on any atom is 0.317 e. The van der Waals surface area contributed by atoms with Crippen molar-refractivity contribution in [2.75, 3.05) is 13.1 Å². The Morgan fingerprint density at radius 3 is 2.82 bits per heavy atom. The number of aryl methyl sites for hydroxylation is 1. The van der Waals surface area contributed by atoms with E-state index in [0.717, 1.165) is 12.8 Å². The Hall–Kier alpha value is -2.04. The molecule has 2 N–H and O–H groups in total. The predicted molar refractivity (Wildman–Crippen MR) is 84.8 cm³/mol. The molecule has 2 unspecified atom stereocenters. The highest BCUT2D eigenvalue weighted by molar-refractivity contribution is 5.76. The molecule has 22 heavy (non-hydrogen) atoms. The Kier molecular flexibility index (Phi) is 5.41. The SMILES string of the molecule is Cc1ccccc1CC(C)NC(=O)N1CCCC(C(=O)O)C1. The predicted octanol–water partition coefficient (Wildman–Crippen LogP) is 2.43. The van der Waals surface area contributed by atoms with Crippen LogP contribution in [0.5, 0.6) is 0 Å². The van der Waals surface area contributed by atoms with Gasteiger partial charge in [-0.25, -0.2) is 4.79 Å². The van der Waals surface area contributed by atoms with Crippen molar-refractivity contribution in [1.82, 2.24) is 10.2 Å². The molecule has 0 saturated carbocycles. The first-order valence-corrected chi connectivity index (χ1v) is 7.80. The third-order valence-corrected chi connectivity index (χ3v) is 4.22. The van der Waals surface area contributed by atoms with E-state index in [1.165, 1.54) is 11.1 Å². The van der Waals surface area contributed by atoms with Crippen LogP contribution in [0.25, 0.3) is 0 Å². The lowest BCUT2D eigenvalue weighted by molar-refractivity contribution is -0.143. The van der Waals surface area contributed by atoms with E-state index >= 15 is 0 Å². The van der Waals surface area contributed by atoms with Gasteiger partial charge in [0.1, 0.15) is 0 Å². The summed E-state index contributed by atoms with van der Waals surface area (Å²) in [6.45, 7) is 4.97. The van der Waals surface area contributed by atoms with Gasteiger partial charge in [0.25, 0.3) is 0 Å². The van der Waals surface area contributed by atoms with Gasteiger partial charge >= 0.3 is 12.0 Å². The van der Waals surface area contributed by atoms with Crippen molar-refractivity contribution in [3.63, 3.8) is 0 Å². The number of piperidine rings is 1. The molecule has 5 heteroatoms. The van der Waals surface area contributed by atoms with Gasteiger partial charge in [-0.2, -0.15) is 0 Å². The van der Waals surface area contributed by atoms with Crippen LogP contribution in [0.15, 0.2) is 24.3 Å². The van der Waals surface area contributed by atoms with Crippen molar-refractivity contribution >= 4 is 12.0 Å². The minimum Gasteiger partial charge on any atom is -0.481 e. The number of carbonyl (C=O) groups excluding carboxylic acids is 1. The Bertz CT molecular complexity index is 544. The lowest BCUT2D eigenvalue weighted by atomic mass is 9.98. The van der Waals surface area contributed by atoms with E-state index in [2.05, 4.69) is 24.4 Å². The monoisotopic (exact) mass is 304 g/mol. The molecule has 1 aliphatic heterocycles. The molecular formula is C17H24N2O3. The first-order valence-electron chi connectivity index (χ1n) is 7.80. The third kappa shape index (κ3) is 4.23. The minimum atomic E-state index is -0.814. The number of rotatable bonds is 4. The molecule has 1 saturated heterocycles. The summed E-state index contributed by atoms with van der Waals surface area (Å²) in [4.78, 5) is 25.0. The van der Waals surface area contributed by atoms with Gasteiger partial charge in [-0.15, -0.1) is 0 Å². The van der Waals surface area contributed by atoms with Crippen molar-refractivity contribution < 1.29 is 14.7 Å². The van der Waals surface area contributed by atoms with Crippen LogP contribution in [-0.4, -0.2) is 41.1 Å². The number of benzene rings is 1. The second-order valence-corrected chi connectivity index (χ2v) is 6.10. The quantitative estimate of drug-likeness (QED) is 0.897. The molecule has 0 aliphatic carbocycles. The normalized spacial score (nSPS) is 19.5. The van der Waals surface area contributed by atoms with Crippen molar-refractivity contribution in [1.29, 1.82) is 0 Å². The number of hydrogen-bond donors (Lipinski definition) is 2. The second kappa shape index (κ2) is 7.29. The van der Waals surface area contributed by atoms with Gasteiger partial charge in [0.15, 0.2) is 0 Å². The maximum atomic E-state index is 12.3. The Balaban J connectivity index is 1.88. The van der Waals surface area contributed by atoms with Gasteiger partial charge in [0, 0.05) is 19.1 Å². The standard InChI is InChI=1S/C17H24N2O3/c1-12-6-3-4-7-14(12)10-13(2)18-17(22)19-9-5-8-15(11-19)16(20)21/h3-4,6-7,13,15H,5,8-11H2,1-2H3,(H,18,22)(H,20,21). The summed E-state index contributed by atoms with van der Waals surface area (Å²) in [5, 5.41) is 12.1. The van der Waals surface area contributed by atoms with Gasteiger partial charge in [0.2, 0.25) is 0 Å². The zero-order chi connectivity index (χ0) is 16.1. The number of amides is 2. The molecule has 120 valence electrons. The smallest absolute Gasteiger partial charge is 0.317 e. The van der Waals surface area contributed by atoms with E-state index in [-0.39, 0.29) is 12.1 Å². The number of likely N-dealkylation sites (tertiary alicyclic amines) is 1. The number of urea groups is 1. The topological polar surface area (TPSA) is 69.6 Å². The second-order valence-electron chi connectivity index (χ2n) is 6.10. The van der Waals surface area contributed by atoms with Crippen LogP contribution in [0.3, 0.4) is 0 Å². The summed E-state index contributed by atoms with van der Waals surface area (Å²) in [5.74, 6) is -1.25. The summed E-state index contributed by atoms with van der Waals surface area (Å²) in [6.07, 6.45) is 2.17. The van der Waals surface area contributed by atoms with E-state index in [9.17, 15) is 9.59 Å². The van der Waals surface area contributed by atoms with Gasteiger partial charge in [-0.3, -0.25) is 4.79 Å². The number of hydrogen-bond acceptors (Lipinski definition) is 2. The van der Waals surface area contributed by atoms with E-state index in [1.807, 2.05) is 19.1 Å². The van der Waals surface area contributed by atoms with Gasteiger partial charge < -0.3 is 15.3 Å². The zero-order valence-corrected chi connectivity index (χ0v) is 13.2. The molecule has 2 amide bonds. The minimum absolute atomic E-state index is 0.0128. The fourth-order valence-electron chi connectivity index (χ4n) is 2.89. The molecule has 2 rings (SSSR count). The fraction of sp³-hybridized carbons (Fsp3) is 0.529. The molecule has 0 spiro atoms. The van der Waals surface area contributed by atoms with Crippen LogP contribution in [0, 0.1) is 12.8 Å². The van der Waals surface area contributed by atoms with Gasteiger partial charge in [-0.05, 0) is 44.2 Å². The Morgan fingerprint density at radius 2 is 2.14 bits per heavy atom. The van der Waals surface area contributed by atoms with Crippen LogP contribution >= 0.6 is 0 Å². The fourth-order valence-corrected chi connectivity index (χ4v) is 2.89. The first kappa shape index (κ1) is 16.3. The van der Waals surface area contributed by atoms with Crippen molar-refractivity contribution in [3.8, 4) is 0 Å². The molecule has 1 aromatic carbocycles.